The number of nitrogens with one attached hydrogen (secondary N) is 2. The fourth-order valence-electron chi connectivity index (χ4n) is 2.36. The number of aryl methyl sites for hydroxylation is 1. The number of carbonyl (C=O) groups excluding carboxylic acids is 2. The van der Waals surface area contributed by atoms with Crippen LogP contribution in [0.3, 0.4) is 0 Å². The molecule has 0 fully saturated rings. The molecule has 0 bridgehead atoms. The number of aromatic nitrogens is 1. The molecule has 1 heterocycles. The minimum Gasteiger partial charge on any atom is -0.321 e. The number of carbonyl (C=O) groups is 2. The zero-order valence-corrected chi connectivity index (χ0v) is 15.9. The number of hydrazone groups is 1. The number of halogens is 1. The smallest absolute Gasteiger partial charge is 0.273 e. The number of amides is 2. The highest BCUT2D eigenvalue weighted by Crippen LogP contribution is 2.16. The van der Waals surface area contributed by atoms with Crippen LogP contribution >= 0.6 is 12.4 Å². The van der Waals surface area contributed by atoms with Crippen molar-refractivity contribution in [2.75, 3.05) is 5.32 Å². The third kappa shape index (κ3) is 5.49. The molecule has 0 aliphatic heterocycles. The number of hydrogen-bond acceptors (Lipinski definition) is 4. The molecule has 0 saturated heterocycles. The molecular weight excluding hydrogens is 376 g/mol. The first-order valence-electron chi connectivity index (χ1n) is 8.34. The van der Waals surface area contributed by atoms with Gasteiger partial charge in [-0.2, -0.15) is 5.10 Å². The molecule has 0 aliphatic rings. The first kappa shape index (κ1) is 20.8. The van der Waals surface area contributed by atoms with E-state index in [1.54, 1.807) is 48.8 Å². The number of pyridine rings is 1. The van der Waals surface area contributed by atoms with Crippen LogP contribution in [-0.2, 0) is 0 Å². The van der Waals surface area contributed by atoms with Crippen molar-refractivity contribution < 1.29 is 9.59 Å². The van der Waals surface area contributed by atoms with Crippen LogP contribution in [0.1, 0.15) is 31.8 Å². The van der Waals surface area contributed by atoms with Gasteiger partial charge in [0.05, 0.1) is 23.0 Å². The van der Waals surface area contributed by atoms with E-state index in [1.165, 1.54) is 6.20 Å². The van der Waals surface area contributed by atoms with E-state index in [0.717, 1.165) is 11.1 Å². The summed E-state index contributed by atoms with van der Waals surface area (Å²) in [6, 6.07) is 17.8. The lowest BCUT2D eigenvalue weighted by Crippen LogP contribution is -2.21. The second-order valence-corrected chi connectivity index (χ2v) is 5.85. The van der Waals surface area contributed by atoms with Gasteiger partial charge in [-0.3, -0.25) is 14.6 Å². The minimum atomic E-state index is -0.416. The number of nitrogens with zero attached hydrogens (tertiary/aromatic N) is 2. The van der Waals surface area contributed by atoms with Gasteiger partial charge >= 0.3 is 0 Å². The first-order valence-corrected chi connectivity index (χ1v) is 8.34. The van der Waals surface area contributed by atoms with E-state index in [-0.39, 0.29) is 18.3 Å². The Bertz CT molecular complexity index is 973. The molecule has 142 valence electrons. The molecule has 3 rings (SSSR count). The van der Waals surface area contributed by atoms with Crippen molar-refractivity contribution in [2.45, 2.75) is 6.92 Å². The van der Waals surface area contributed by atoms with Crippen LogP contribution in [0.25, 0.3) is 0 Å². The van der Waals surface area contributed by atoms with Crippen molar-refractivity contribution >= 4 is 36.1 Å². The summed E-state index contributed by atoms with van der Waals surface area (Å²) in [4.78, 5) is 28.7. The Labute approximate surface area is 169 Å². The molecule has 28 heavy (non-hydrogen) atoms. The number of benzene rings is 2. The van der Waals surface area contributed by atoms with Gasteiger partial charge < -0.3 is 5.32 Å². The Morgan fingerprint density at radius 1 is 0.964 bits per heavy atom. The van der Waals surface area contributed by atoms with Crippen molar-refractivity contribution in [3.63, 3.8) is 0 Å². The Morgan fingerprint density at radius 2 is 1.71 bits per heavy atom. The summed E-state index contributed by atoms with van der Waals surface area (Å²) in [5.74, 6) is -0.757. The monoisotopic (exact) mass is 394 g/mol. The minimum absolute atomic E-state index is 0. The molecule has 7 heteroatoms. The molecule has 0 spiro atoms. The van der Waals surface area contributed by atoms with Crippen LogP contribution in [-0.4, -0.2) is 23.0 Å². The molecule has 3 aromatic rings. The predicted molar refractivity (Wildman–Crippen MR) is 112 cm³/mol. The molecule has 1 aromatic heterocycles. The standard InChI is InChI=1S/C21H18N4O2.ClH/c1-15-8-10-16(11-9-15)13-23-25-21(27)18-6-2-3-7-19(18)24-20(26)17-5-4-12-22-14-17;/h2-14H,1H3,(H,24,26)(H,25,27);1H. The van der Waals surface area contributed by atoms with Crippen LogP contribution in [0, 0.1) is 6.92 Å². The Balaban J connectivity index is 0.00000280. The summed E-state index contributed by atoms with van der Waals surface area (Å²) < 4.78 is 0. The van der Waals surface area contributed by atoms with E-state index in [4.69, 9.17) is 0 Å². The van der Waals surface area contributed by atoms with E-state index in [9.17, 15) is 9.59 Å². The fraction of sp³-hybridized carbons (Fsp3) is 0.0476. The van der Waals surface area contributed by atoms with Gasteiger partial charge in [-0.1, -0.05) is 42.0 Å². The number of para-hydroxylation sites is 1. The molecule has 0 atom stereocenters. The highest BCUT2D eigenvalue weighted by Gasteiger charge is 2.13. The van der Waals surface area contributed by atoms with Crippen LogP contribution in [0.15, 0.2) is 78.2 Å². The highest BCUT2D eigenvalue weighted by atomic mass is 35.5. The van der Waals surface area contributed by atoms with Crippen LogP contribution in [0.5, 0.6) is 0 Å². The summed E-state index contributed by atoms with van der Waals surface area (Å²) in [6.07, 6.45) is 4.61. The van der Waals surface area contributed by atoms with Crippen molar-refractivity contribution in [1.29, 1.82) is 0 Å². The molecule has 0 aliphatic carbocycles. The largest absolute Gasteiger partial charge is 0.321 e. The third-order valence-electron chi connectivity index (χ3n) is 3.80. The molecule has 0 saturated carbocycles. The van der Waals surface area contributed by atoms with E-state index < -0.39 is 5.91 Å². The Kier molecular flexibility index (Phi) is 7.42. The zero-order valence-electron chi connectivity index (χ0n) is 15.1. The molecule has 6 nitrogen and oxygen atoms in total. The van der Waals surface area contributed by atoms with Gasteiger partial charge in [0, 0.05) is 12.4 Å². The number of anilines is 1. The molecule has 2 amide bonds. The summed E-state index contributed by atoms with van der Waals surface area (Å²) in [5.41, 5.74) is 5.62. The highest BCUT2D eigenvalue weighted by molar-refractivity contribution is 6.08. The number of hydrogen-bond donors (Lipinski definition) is 2. The van der Waals surface area contributed by atoms with Gasteiger partial charge in [-0.25, -0.2) is 5.43 Å². The number of rotatable bonds is 5. The Hall–Kier alpha value is -3.51. The van der Waals surface area contributed by atoms with Gasteiger partial charge in [-0.05, 0) is 36.8 Å². The van der Waals surface area contributed by atoms with Crippen molar-refractivity contribution in [3.8, 4) is 0 Å². The van der Waals surface area contributed by atoms with Gasteiger partial charge in [0.2, 0.25) is 0 Å². The van der Waals surface area contributed by atoms with Crippen molar-refractivity contribution in [3.05, 3.63) is 95.3 Å². The predicted octanol–water partition coefficient (Wildman–Crippen LogP) is 3.83. The SMILES string of the molecule is Cc1ccc(C=NNC(=O)c2ccccc2NC(=O)c2cccnc2)cc1.Cl. The maximum absolute atomic E-state index is 12.4. The normalized spacial score (nSPS) is 10.2. The van der Waals surface area contributed by atoms with Crippen LogP contribution in [0.4, 0.5) is 5.69 Å². The lowest BCUT2D eigenvalue weighted by atomic mass is 10.1. The second-order valence-electron chi connectivity index (χ2n) is 5.85. The molecule has 2 N–H and O–H groups in total. The van der Waals surface area contributed by atoms with E-state index in [0.29, 0.717) is 16.8 Å². The maximum atomic E-state index is 12.4. The molecule has 0 radical (unpaired) electrons. The summed E-state index contributed by atoms with van der Waals surface area (Å²) >= 11 is 0. The first-order chi connectivity index (χ1) is 13.1. The van der Waals surface area contributed by atoms with E-state index in [1.807, 2.05) is 31.2 Å². The van der Waals surface area contributed by atoms with Gasteiger partial charge in [-0.15, -0.1) is 12.4 Å². The summed E-state index contributed by atoms with van der Waals surface area (Å²) in [6.45, 7) is 2.00. The van der Waals surface area contributed by atoms with E-state index in [2.05, 4.69) is 20.8 Å². The van der Waals surface area contributed by atoms with Crippen LogP contribution < -0.4 is 10.7 Å². The maximum Gasteiger partial charge on any atom is 0.273 e. The van der Waals surface area contributed by atoms with Crippen molar-refractivity contribution in [1.82, 2.24) is 10.4 Å². The second kappa shape index (κ2) is 9.99. The Morgan fingerprint density at radius 3 is 2.43 bits per heavy atom. The zero-order chi connectivity index (χ0) is 19.1. The van der Waals surface area contributed by atoms with Gasteiger partial charge in [0.1, 0.15) is 0 Å². The van der Waals surface area contributed by atoms with Crippen molar-refractivity contribution in [2.24, 2.45) is 5.10 Å². The molecule has 2 aromatic carbocycles. The molecule has 0 unspecified atom stereocenters. The van der Waals surface area contributed by atoms with Gasteiger partial charge in [0.25, 0.3) is 11.8 Å². The summed E-state index contributed by atoms with van der Waals surface area (Å²) in [7, 11) is 0. The lowest BCUT2D eigenvalue weighted by Gasteiger charge is -2.09. The van der Waals surface area contributed by atoms with Gasteiger partial charge in [0.15, 0.2) is 0 Å². The molecular formula is C21H19ClN4O2. The quantitative estimate of drug-likeness (QED) is 0.509. The average molecular weight is 395 g/mol. The van der Waals surface area contributed by atoms with Crippen LogP contribution in [0.2, 0.25) is 0 Å². The lowest BCUT2D eigenvalue weighted by molar-refractivity contribution is 0.0956. The average Bonchev–Trinajstić information content (AvgIpc) is 2.70. The summed E-state index contributed by atoms with van der Waals surface area (Å²) in [5, 5.41) is 6.71. The third-order valence-corrected chi connectivity index (χ3v) is 3.80. The van der Waals surface area contributed by atoms with E-state index >= 15 is 0 Å². The topological polar surface area (TPSA) is 83.5 Å². The fourth-order valence-corrected chi connectivity index (χ4v) is 2.36.